The molecule has 3 nitrogen and oxygen atoms in total. The minimum Gasteiger partial charge on any atom is -0.311 e. The van der Waals surface area contributed by atoms with E-state index in [0.29, 0.717) is 10.9 Å². The van der Waals surface area contributed by atoms with Crippen LogP contribution in [0, 0.1) is 0 Å². The molecule has 0 saturated carbocycles. The average molecular weight is 318 g/mol. The Morgan fingerprint density at radius 1 is 1.42 bits per heavy atom. The van der Waals surface area contributed by atoms with E-state index in [4.69, 9.17) is 23.2 Å². The Hall–Kier alpha value is -0.450. The number of pyridine rings is 1. The first-order chi connectivity index (χ1) is 8.96. The van der Waals surface area contributed by atoms with Gasteiger partial charge in [-0.1, -0.05) is 11.6 Å². The van der Waals surface area contributed by atoms with Gasteiger partial charge in [0, 0.05) is 29.8 Å². The third kappa shape index (κ3) is 3.36. The Bertz CT molecular complexity index is 581. The zero-order chi connectivity index (χ0) is 14.0. The normalized spacial score (nSPS) is 12.3. The van der Waals surface area contributed by atoms with Gasteiger partial charge in [-0.2, -0.15) is 11.8 Å². The second kappa shape index (κ2) is 5.90. The van der Waals surface area contributed by atoms with Gasteiger partial charge < -0.3 is 4.57 Å². The molecule has 0 aromatic carbocycles. The molecule has 19 heavy (non-hydrogen) atoms. The summed E-state index contributed by atoms with van der Waals surface area (Å²) < 4.78 is 2.28. The van der Waals surface area contributed by atoms with Crippen molar-refractivity contribution < 1.29 is 0 Å². The summed E-state index contributed by atoms with van der Waals surface area (Å²) in [5, 5.41) is 0.610. The molecule has 0 atom stereocenters. The molecule has 0 bridgehead atoms. The molecule has 0 amide bonds. The second-order valence-electron chi connectivity index (χ2n) is 5.01. The maximum absolute atomic E-state index is 5.98. The Kier molecular flexibility index (Phi) is 4.64. The molecule has 104 valence electrons. The van der Waals surface area contributed by atoms with Crippen molar-refractivity contribution in [1.82, 2.24) is 14.5 Å². The fourth-order valence-electron chi connectivity index (χ4n) is 1.92. The van der Waals surface area contributed by atoms with E-state index < -0.39 is 0 Å². The maximum atomic E-state index is 5.98. The molecule has 0 saturated heterocycles. The summed E-state index contributed by atoms with van der Waals surface area (Å²) in [5.74, 6) is 1.53. The number of halogens is 2. The van der Waals surface area contributed by atoms with Crippen LogP contribution in [0.1, 0.15) is 19.7 Å². The SMILES string of the molecule is CSC(C)(C)Cn1c(CCCl)nc2cc(Cl)cnc21. The van der Waals surface area contributed by atoms with Gasteiger partial charge in [-0.25, -0.2) is 9.97 Å². The molecule has 0 unspecified atom stereocenters. The second-order valence-corrected chi connectivity index (χ2v) is 7.34. The van der Waals surface area contributed by atoms with Gasteiger partial charge in [-0.15, -0.1) is 11.6 Å². The molecule has 0 N–H and O–H groups in total. The van der Waals surface area contributed by atoms with Crippen LogP contribution in [0.5, 0.6) is 0 Å². The van der Waals surface area contributed by atoms with Crippen LogP contribution in [0.4, 0.5) is 0 Å². The molecule has 2 heterocycles. The van der Waals surface area contributed by atoms with E-state index in [1.54, 1.807) is 6.20 Å². The van der Waals surface area contributed by atoms with Gasteiger partial charge in [0.25, 0.3) is 0 Å². The van der Waals surface area contributed by atoms with Crippen LogP contribution in [0.2, 0.25) is 5.02 Å². The van der Waals surface area contributed by atoms with Crippen molar-refractivity contribution in [3.05, 3.63) is 23.1 Å². The molecule has 2 rings (SSSR count). The highest BCUT2D eigenvalue weighted by Crippen LogP contribution is 2.27. The van der Waals surface area contributed by atoms with Gasteiger partial charge in [-0.05, 0) is 26.2 Å². The van der Waals surface area contributed by atoms with Crippen LogP contribution in [-0.4, -0.2) is 31.4 Å². The lowest BCUT2D eigenvalue weighted by atomic mass is 10.2. The van der Waals surface area contributed by atoms with E-state index in [0.717, 1.165) is 30.0 Å². The number of hydrogen-bond donors (Lipinski definition) is 0. The van der Waals surface area contributed by atoms with Crippen LogP contribution in [0.3, 0.4) is 0 Å². The number of nitrogens with zero attached hydrogens (tertiary/aromatic N) is 3. The fraction of sp³-hybridized carbons (Fsp3) is 0.538. The number of fused-ring (bicyclic) bond motifs is 1. The Morgan fingerprint density at radius 3 is 2.79 bits per heavy atom. The van der Waals surface area contributed by atoms with Crippen molar-refractivity contribution in [1.29, 1.82) is 0 Å². The minimum atomic E-state index is 0.121. The predicted molar refractivity (Wildman–Crippen MR) is 84.6 cm³/mol. The Balaban J connectivity index is 2.52. The average Bonchev–Trinajstić information content (AvgIpc) is 2.67. The number of imidazole rings is 1. The van der Waals surface area contributed by atoms with Crippen molar-refractivity contribution in [2.24, 2.45) is 0 Å². The first-order valence-corrected chi connectivity index (χ1v) is 8.22. The Labute approximate surface area is 127 Å². The quantitative estimate of drug-likeness (QED) is 0.781. The third-order valence-electron chi connectivity index (χ3n) is 3.04. The maximum Gasteiger partial charge on any atom is 0.160 e. The molecule has 0 fully saturated rings. The number of hydrogen-bond acceptors (Lipinski definition) is 3. The fourth-order valence-corrected chi connectivity index (χ4v) is 2.50. The molecule has 0 aliphatic rings. The zero-order valence-corrected chi connectivity index (χ0v) is 13.6. The summed E-state index contributed by atoms with van der Waals surface area (Å²) in [7, 11) is 0. The lowest BCUT2D eigenvalue weighted by molar-refractivity contribution is 0.559. The first kappa shape index (κ1) is 14.9. The van der Waals surface area contributed by atoms with E-state index in [2.05, 4.69) is 34.6 Å². The highest BCUT2D eigenvalue weighted by Gasteiger charge is 2.21. The lowest BCUT2D eigenvalue weighted by Gasteiger charge is -2.23. The van der Waals surface area contributed by atoms with Crippen LogP contribution in [-0.2, 0) is 13.0 Å². The summed E-state index contributed by atoms with van der Waals surface area (Å²) >= 11 is 13.7. The molecule has 2 aromatic heterocycles. The summed E-state index contributed by atoms with van der Waals surface area (Å²) in [5.41, 5.74) is 1.72. The summed E-state index contributed by atoms with van der Waals surface area (Å²) in [6, 6.07) is 1.85. The van der Waals surface area contributed by atoms with Crippen molar-refractivity contribution in [3.8, 4) is 0 Å². The van der Waals surface area contributed by atoms with Crippen LogP contribution < -0.4 is 0 Å². The summed E-state index contributed by atoms with van der Waals surface area (Å²) in [6.45, 7) is 5.28. The molecule has 0 aliphatic carbocycles. The number of rotatable bonds is 5. The molecular weight excluding hydrogens is 301 g/mol. The largest absolute Gasteiger partial charge is 0.311 e. The van der Waals surface area contributed by atoms with E-state index in [-0.39, 0.29) is 4.75 Å². The van der Waals surface area contributed by atoms with E-state index >= 15 is 0 Å². The minimum absolute atomic E-state index is 0.121. The van der Waals surface area contributed by atoms with Gasteiger partial charge in [-0.3, -0.25) is 0 Å². The summed E-state index contributed by atoms with van der Waals surface area (Å²) in [4.78, 5) is 9.02. The summed E-state index contributed by atoms with van der Waals surface area (Å²) in [6.07, 6.45) is 4.52. The number of thioether (sulfide) groups is 1. The molecule has 2 aromatic rings. The van der Waals surface area contributed by atoms with Crippen molar-refractivity contribution in [2.45, 2.75) is 31.6 Å². The lowest BCUT2D eigenvalue weighted by Crippen LogP contribution is -2.24. The number of alkyl halides is 1. The van der Waals surface area contributed by atoms with Gasteiger partial charge in [0.2, 0.25) is 0 Å². The van der Waals surface area contributed by atoms with Gasteiger partial charge in [0.15, 0.2) is 5.65 Å². The number of aromatic nitrogens is 3. The van der Waals surface area contributed by atoms with Crippen molar-refractivity contribution >= 4 is 46.1 Å². The van der Waals surface area contributed by atoms with Gasteiger partial charge in [0.05, 0.1) is 5.02 Å². The van der Waals surface area contributed by atoms with Crippen molar-refractivity contribution in [2.75, 3.05) is 12.1 Å². The number of aryl methyl sites for hydroxylation is 1. The topological polar surface area (TPSA) is 30.7 Å². The van der Waals surface area contributed by atoms with Gasteiger partial charge >= 0.3 is 0 Å². The molecule has 0 aliphatic heterocycles. The molecule has 0 spiro atoms. The van der Waals surface area contributed by atoms with Crippen LogP contribution in [0.15, 0.2) is 12.3 Å². The Morgan fingerprint density at radius 2 is 2.16 bits per heavy atom. The molecule has 0 radical (unpaired) electrons. The highest BCUT2D eigenvalue weighted by atomic mass is 35.5. The van der Waals surface area contributed by atoms with E-state index in [1.165, 1.54) is 0 Å². The molecule has 6 heteroatoms. The van der Waals surface area contributed by atoms with Crippen LogP contribution >= 0.6 is 35.0 Å². The van der Waals surface area contributed by atoms with E-state index in [9.17, 15) is 0 Å². The standard InChI is InChI=1S/C13H17Cl2N3S/c1-13(2,19-3)8-18-11(4-5-14)17-10-6-9(15)7-16-12(10)18/h6-7H,4-5,8H2,1-3H3. The predicted octanol–water partition coefficient (Wildman–Crippen LogP) is 4.01. The third-order valence-corrected chi connectivity index (χ3v) is 4.67. The smallest absolute Gasteiger partial charge is 0.160 e. The van der Waals surface area contributed by atoms with E-state index in [1.807, 2.05) is 17.8 Å². The molecular formula is C13H17Cl2N3S. The first-order valence-electron chi connectivity index (χ1n) is 6.08. The van der Waals surface area contributed by atoms with Crippen molar-refractivity contribution in [3.63, 3.8) is 0 Å². The monoisotopic (exact) mass is 317 g/mol. The van der Waals surface area contributed by atoms with Crippen LogP contribution in [0.25, 0.3) is 11.2 Å². The van der Waals surface area contributed by atoms with Gasteiger partial charge in [0.1, 0.15) is 11.3 Å². The zero-order valence-electron chi connectivity index (χ0n) is 11.3. The highest BCUT2D eigenvalue weighted by molar-refractivity contribution is 7.99.